The van der Waals surface area contributed by atoms with E-state index in [-0.39, 0.29) is 11.9 Å². The molecule has 1 aliphatic rings. The first kappa shape index (κ1) is 13.3. The van der Waals surface area contributed by atoms with Crippen LogP contribution in [0.25, 0.3) is 0 Å². The zero-order chi connectivity index (χ0) is 14.3. The van der Waals surface area contributed by atoms with Gasteiger partial charge in [0.05, 0.1) is 6.04 Å². The van der Waals surface area contributed by atoms with Gasteiger partial charge in [-0.25, -0.2) is 0 Å². The Morgan fingerprint density at radius 1 is 1.05 bits per heavy atom. The van der Waals surface area contributed by atoms with Crippen LogP contribution in [0.15, 0.2) is 53.0 Å². The van der Waals surface area contributed by atoms with Crippen molar-refractivity contribution in [2.75, 3.05) is 4.90 Å². The van der Waals surface area contributed by atoms with Gasteiger partial charge in [0.2, 0.25) is 5.91 Å². The summed E-state index contributed by atoms with van der Waals surface area (Å²) in [5, 5.41) is 0. The summed E-state index contributed by atoms with van der Waals surface area (Å²) in [5.41, 5.74) is 9.12. The second kappa shape index (κ2) is 5.04. The molecule has 3 rings (SSSR count). The zero-order valence-corrected chi connectivity index (χ0v) is 12.7. The van der Waals surface area contributed by atoms with E-state index in [2.05, 4.69) is 15.9 Å². The number of nitrogens with two attached hydrogens (primary N) is 1. The lowest BCUT2D eigenvalue weighted by Crippen LogP contribution is -2.63. The Labute approximate surface area is 126 Å². The van der Waals surface area contributed by atoms with Crippen LogP contribution in [0.1, 0.15) is 17.2 Å². The molecule has 0 unspecified atom stereocenters. The molecule has 1 saturated heterocycles. The fourth-order valence-corrected chi connectivity index (χ4v) is 2.79. The van der Waals surface area contributed by atoms with Crippen molar-refractivity contribution in [3.05, 3.63) is 64.1 Å². The number of carbonyl (C=O) groups is 1. The minimum atomic E-state index is -0.461. The monoisotopic (exact) mass is 330 g/mol. The second-order valence-electron chi connectivity index (χ2n) is 5.07. The topological polar surface area (TPSA) is 46.3 Å². The highest BCUT2D eigenvalue weighted by molar-refractivity contribution is 9.10. The fraction of sp³-hybridized carbons (Fsp3) is 0.188. The molecule has 2 aromatic rings. The lowest BCUT2D eigenvalue weighted by atomic mass is 9.88. The summed E-state index contributed by atoms with van der Waals surface area (Å²) < 4.78 is 1.02. The minimum Gasteiger partial charge on any atom is -0.318 e. The summed E-state index contributed by atoms with van der Waals surface area (Å²) in [6, 6.07) is 15.3. The van der Waals surface area contributed by atoms with Crippen molar-refractivity contribution in [2.45, 2.75) is 19.0 Å². The minimum absolute atomic E-state index is 0.0261. The predicted molar refractivity (Wildman–Crippen MR) is 83.5 cm³/mol. The van der Waals surface area contributed by atoms with Crippen LogP contribution < -0.4 is 10.6 Å². The zero-order valence-electron chi connectivity index (χ0n) is 11.1. The van der Waals surface area contributed by atoms with Crippen LogP contribution in [0.5, 0.6) is 0 Å². The molecule has 0 saturated carbocycles. The molecule has 102 valence electrons. The van der Waals surface area contributed by atoms with Crippen molar-refractivity contribution in [2.24, 2.45) is 5.73 Å². The largest absolute Gasteiger partial charge is 0.318 e. The highest BCUT2D eigenvalue weighted by Crippen LogP contribution is 2.38. The molecule has 2 N–H and O–H groups in total. The number of hydrogen-bond donors (Lipinski definition) is 1. The van der Waals surface area contributed by atoms with Gasteiger partial charge in [-0.2, -0.15) is 0 Å². The van der Waals surface area contributed by atoms with Crippen molar-refractivity contribution in [1.29, 1.82) is 0 Å². The Morgan fingerprint density at radius 3 is 2.25 bits per heavy atom. The maximum absolute atomic E-state index is 12.1. The van der Waals surface area contributed by atoms with E-state index < -0.39 is 6.04 Å². The number of β-lactam (4-membered cyclic amide) rings is 1. The standard InChI is InChI=1S/C16H15BrN2O/c1-10-2-8-13(9-3-10)19-15(14(18)16(19)20)11-4-6-12(17)7-5-11/h2-9,14-15H,18H2,1H3/t14-,15+/m1/s1. The predicted octanol–water partition coefficient (Wildman–Crippen LogP) is 3.17. The Hall–Kier alpha value is -1.65. The lowest BCUT2D eigenvalue weighted by molar-refractivity contribution is -0.126. The highest BCUT2D eigenvalue weighted by atomic mass is 79.9. The molecule has 20 heavy (non-hydrogen) atoms. The van der Waals surface area contributed by atoms with Crippen molar-refractivity contribution >= 4 is 27.5 Å². The number of benzene rings is 2. The Bertz CT molecular complexity index is 637. The van der Waals surface area contributed by atoms with E-state index in [0.717, 1.165) is 15.7 Å². The van der Waals surface area contributed by atoms with Crippen LogP contribution in [0.4, 0.5) is 5.69 Å². The van der Waals surface area contributed by atoms with E-state index in [0.29, 0.717) is 0 Å². The van der Waals surface area contributed by atoms with E-state index >= 15 is 0 Å². The van der Waals surface area contributed by atoms with Crippen LogP contribution in [0, 0.1) is 6.92 Å². The fourth-order valence-electron chi connectivity index (χ4n) is 2.52. The molecule has 2 atom stereocenters. The number of nitrogens with zero attached hydrogens (tertiary/aromatic N) is 1. The molecule has 0 radical (unpaired) electrons. The number of carbonyl (C=O) groups excluding carboxylic acids is 1. The first-order valence-corrected chi connectivity index (χ1v) is 7.28. The SMILES string of the molecule is Cc1ccc(N2C(=O)[C@H](N)[C@@H]2c2ccc(Br)cc2)cc1. The van der Waals surface area contributed by atoms with Crippen LogP contribution >= 0.6 is 15.9 Å². The molecule has 1 amide bonds. The van der Waals surface area contributed by atoms with Gasteiger partial charge < -0.3 is 10.6 Å². The Kier molecular flexibility index (Phi) is 3.36. The average Bonchev–Trinajstić information content (AvgIpc) is 2.46. The summed E-state index contributed by atoms with van der Waals surface area (Å²) in [4.78, 5) is 13.9. The maximum Gasteiger partial charge on any atom is 0.247 e. The number of hydrogen-bond acceptors (Lipinski definition) is 2. The van der Waals surface area contributed by atoms with Crippen molar-refractivity contribution < 1.29 is 4.79 Å². The molecule has 0 aliphatic carbocycles. The van der Waals surface area contributed by atoms with Gasteiger partial charge >= 0.3 is 0 Å². The summed E-state index contributed by atoms with van der Waals surface area (Å²) in [6.07, 6.45) is 0. The Morgan fingerprint density at radius 2 is 1.65 bits per heavy atom. The molecule has 1 heterocycles. The molecule has 3 nitrogen and oxygen atoms in total. The van der Waals surface area contributed by atoms with Gasteiger partial charge in [0.1, 0.15) is 6.04 Å². The van der Waals surface area contributed by atoms with Crippen molar-refractivity contribution in [3.63, 3.8) is 0 Å². The van der Waals surface area contributed by atoms with Crippen LogP contribution in [0.2, 0.25) is 0 Å². The maximum atomic E-state index is 12.1. The summed E-state index contributed by atoms with van der Waals surface area (Å²) in [5.74, 6) is -0.0261. The van der Waals surface area contributed by atoms with Crippen molar-refractivity contribution in [1.82, 2.24) is 0 Å². The van der Waals surface area contributed by atoms with Gasteiger partial charge in [-0.1, -0.05) is 45.8 Å². The number of amides is 1. The summed E-state index contributed by atoms with van der Waals surface area (Å²) >= 11 is 3.42. The quantitative estimate of drug-likeness (QED) is 0.859. The van der Waals surface area contributed by atoms with Gasteiger partial charge in [-0.15, -0.1) is 0 Å². The molecular weight excluding hydrogens is 316 g/mol. The smallest absolute Gasteiger partial charge is 0.247 e. The number of anilines is 1. The van der Waals surface area contributed by atoms with E-state index in [1.165, 1.54) is 5.56 Å². The van der Waals surface area contributed by atoms with Gasteiger partial charge in [-0.05, 0) is 36.8 Å². The molecule has 2 aromatic carbocycles. The lowest BCUT2D eigenvalue weighted by Gasteiger charge is -2.45. The van der Waals surface area contributed by atoms with Crippen molar-refractivity contribution in [3.8, 4) is 0 Å². The number of aryl methyl sites for hydroxylation is 1. The second-order valence-corrected chi connectivity index (χ2v) is 5.98. The average molecular weight is 331 g/mol. The van der Waals surface area contributed by atoms with Gasteiger partial charge in [0.25, 0.3) is 0 Å². The van der Waals surface area contributed by atoms with Crippen LogP contribution in [-0.2, 0) is 4.79 Å². The normalized spacial score (nSPS) is 21.8. The molecule has 0 bridgehead atoms. The number of rotatable bonds is 2. The third kappa shape index (κ3) is 2.15. The Balaban J connectivity index is 1.95. The van der Waals surface area contributed by atoms with Crippen LogP contribution in [0.3, 0.4) is 0 Å². The first-order valence-electron chi connectivity index (χ1n) is 6.49. The van der Waals surface area contributed by atoms with E-state index in [9.17, 15) is 4.79 Å². The van der Waals surface area contributed by atoms with Crippen LogP contribution in [-0.4, -0.2) is 11.9 Å². The molecule has 1 fully saturated rings. The third-order valence-corrected chi connectivity index (χ3v) is 4.19. The van der Waals surface area contributed by atoms with Gasteiger partial charge in [0, 0.05) is 10.2 Å². The van der Waals surface area contributed by atoms with E-state index in [1.807, 2.05) is 55.5 Å². The molecule has 0 spiro atoms. The molecule has 4 heteroatoms. The molecule has 1 aliphatic heterocycles. The van der Waals surface area contributed by atoms with E-state index in [1.54, 1.807) is 4.90 Å². The highest BCUT2D eigenvalue weighted by Gasteiger charge is 2.46. The molecular formula is C16H15BrN2O. The first-order chi connectivity index (χ1) is 9.58. The van der Waals surface area contributed by atoms with Gasteiger partial charge in [-0.3, -0.25) is 4.79 Å². The summed E-state index contributed by atoms with van der Waals surface area (Å²) in [6.45, 7) is 2.03. The third-order valence-electron chi connectivity index (χ3n) is 3.66. The number of halogens is 1. The summed E-state index contributed by atoms with van der Waals surface area (Å²) in [7, 11) is 0. The molecule has 0 aromatic heterocycles. The van der Waals surface area contributed by atoms with E-state index in [4.69, 9.17) is 5.73 Å². The van der Waals surface area contributed by atoms with Gasteiger partial charge in [0.15, 0.2) is 0 Å².